The average molecular weight is 593 g/mol. The van der Waals surface area contributed by atoms with E-state index in [0.717, 1.165) is 0 Å². The first-order chi connectivity index (χ1) is 19.7. The van der Waals surface area contributed by atoms with Gasteiger partial charge in [0.15, 0.2) is 0 Å². The van der Waals surface area contributed by atoms with Crippen LogP contribution in [0.3, 0.4) is 0 Å². The summed E-state index contributed by atoms with van der Waals surface area (Å²) >= 11 is 0. The van der Waals surface area contributed by atoms with Gasteiger partial charge in [-0.25, -0.2) is 0 Å². The van der Waals surface area contributed by atoms with Crippen LogP contribution in [0.2, 0.25) is 0 Å². The molecule has 2 aliphatic heterocycles. The number of hydrogen-bond donors (Lipinski definition) is 2. The molecule has 13 heteroatoms. The second-order valence-electron chi connectivity index (χ2n) is 10.6. The molecular weight excluding hydrogens is 566 g/mol. The molecule has 1 atom stereocenters. The van der Waals surface area contributed by atoms with Gasteiger partial charge < -0.3 is 20.4 Å². The van der Waals surface area contributed by atoms with Crippen molar-refractivity contribution in [3.63, 3.8) is 0 Å². The maximum absolute atomic E-state index is 13.4. The molecule has 0 spiro atoms. The summed E-state index contributed by atoms with van der Waals surface area (Å²) < 4.78 is 80.5. The first kappa shape index (κ1) is 29.2. The number of carbonyl (C=O) groups excluding carboxylic acids is 3. The molecule has 3 amide bonds. The Morgan fingerprint density at radius 2 is 1.60 bits per heavy atom. The summed E-state index contributed by atoms with van der Waals surface area (Å²) in [6.45, 7) is -0.133. The van der Waals surface area contributed by atoms with Crippen LogP contribution in [0.25, 0.3) is 0 Å². The number of rotatable bonds is 6. The lowest BCUT2D eigenvalue weighted by Crippen LogP contribution is -2.57. The van der Waals surface area contributed by atoms with Crippen LogP contribution in [-0.2, 0) is 28.5 Å². The Labute approximate surface area is 236 Å². The molecule has 1 fully saturated rings. The monoisotopic (exact) mass is 592 g/mol. The minimum Gasteiger partial charge on any atom is -0.365 e. The Morgan fingerprint density at radius 1 is 0.976 bits per heavy atom. The predicted octanol–water partition coefficient (Wildman–Crippen LogP) is 4.62. The van der Waals surface area contributed by atoms with Crippen molar-refractivity contribution in [2.75, 3.05) is 13.6 Å². The first-order valence-corrected chi connectivity index (χ1v) is 13.1. The Bertz CT molecular complexity index is 1450. The highest BCUT2D eigenvalue weighted by Crippen LogP contribution is 2.39. The molecule has 2 aromatic carbocycles. The fourth-order valence-corrected chi connectivity index (χ4v) is 5.15. The van der Waals surface area contributed by atoms with Crippen molar-refractivity contribution in [1.82, 2.24) is 20.4 Å². The molecule has 5 rings (SSSR count). The number of carbonyl (C=O) groups is 3. The molecule has 2 aromatic rings. The van der Waals surface area contributed by atoms with Crippen molar-refractivity contribution >= 4 is 17.7 Å². The molecule has 7 nitrogen and oxygen atoms in total. The van der Waals surface area contributed by atoms with E-state index in [9.17, 15) is 40.7 Å². The highest BCUT2D eigenvalue weighted by atomic mass is 19.4. The summed E-state index contributed by atoms with van der Waals surface area (Å²) in [6, 6.07) is 8.69. The molecule has 0 saturated heterocycles. The third-order valence-electron chi connectivity index (χ3n) is 7.57. The van der Waals surface area contributed by atoms with Gasteiger partial charge in [-0.3, -0.25) is 14.4 Å². The third kappa shape index (κ3) is 5.86. The fourth-order valence-electron chi connectivity index (χ4n) is 5.15. The average Bonchev–Trinajstić information content (AvgIpc) is 3.72. The lowest BCUT2D eigenvalue weighted by Gasteiger charge is -2.40. The van der Waals surface area contributed by atoms with E-state index in [4.69, 9.17) is 0 Å². The summed E-state index contributed by atoms with van der Waals surface area (Å²) in [5.41, 5.74) is -2.94. The Kier molecular flexibility index (Phi) is 7.32. The van der Waals surface area contributed by atoms with E-state index >= 15 is 0 Å². The van der Waals surface area contributed by atoms with E-state index in [-0.39, 0.29) is 31.1 Å². The summed E-state index contributed by atoms with van der Waals surface area (Å²) in [7, 11) is 1.47. The summed E-state index contributed by atoms with van der Waals surface area (Å²) in [5, 5.41) is 5.45. The van der Waals surface area contributed by atoms with Crippen LogP contribution < -0.4 is 10.6 Å². The second kappa shape index (κ2) is 10.5. The minimum atomic E-state index is -4.98. The third-order valence-corrected chi connectivity index (χ3v) is 7.57. The number of alkyl halides is 6. The molecule has 42 heavy (non-hydrogen) atoms. The molecule has 1 aliphatic carbocycles. The number of allylic oxidation sites excluding steroid dienone is 1. The SMILES string of the molecule is CN1C(=O)[C@H](NC(=O)C2(NC(=O)c3ccccc3)CC2)CC2=C1C=CCN2Cc1cc(C(F)(F)F)cc(C(F)(F)F)c1. The topological polar surface area (TPSA) is 81.8 Å². The minimum absolute atomic E-state index is 0.0393. The van der Waals surface area contributed by atoms with E-state index < -0.39 is 52.8 Å². The number of likely N-dealkylation sites (N-methyl/N-ethyl adjacent to an activating group) is 1. The number of hydrogen-bond acceptors (Lipinski definition) is 4. The summed E-state index contributed by atoms with van der Waals surface area (Å²) in [5.74, 6) is -1.44. The standard InChI is InChI=1S/C29H26F6N4O3/c1-38-22-8-5-11-39(16-17-12-19(28(30,31)32)14-20(13-17)29(33,34)35)23(22)15-21(25(38)41)36-26(42)27(9-10-27)37-24(40)18-6-3-2-4-7-18/h2-8,12-14,21H,9-11,15-16H2,1H3,(H,36,42)(H,37,40)/t21-/m1/s1. The van der Waals surface area contributed by atoms with Crippen molar-refractivity contribution in [1.29, 1.82) is 0 Å². The van der Waals surface area contributed by atoms with Crippen molar-refractivity contribution in [2.45, 2.75) is 49.7 Å². The number of halogens is 6. The van der Waals surface area contributed by atoms with Crippen LogP contribution in [0.1, 0.15) is 46.3 Å². The molecule has 1 saturated carbocycles. The van der Waals surface area contributed by atoms with Gasteiger partial charge in [0.2, 0.25) is 11.8 Å². The zero-order valence-electron chi connectivity index (χ0n) is 22.3. The highest BCUT2D eigenvalue weighted by molar-refractivity contribution is 6.02. The highest BCUT2D eigenvalue weighted by Gasteiger charge is 2.52. The molecular formula is C29H26F6N4O3. The number of nitrogens with one attached hydrogen (secondary N) is 2. The first-order valence-electron chi connectivity index (χ1n) is 13.1. The van der Waals surface area contributed by atoms with Gasteiger partial charge in [0.1, 0.15) is 11.6 Å². The van der Waals surface area contributed by atoms with Crippen molar-refractivity contribution < 1.29 is 40.7 Å². The van der Waals surface area contributed by atoms with Gasteiger partial charge in [0, 0.05) is 37.8 Å². The Morgan fingerprint density at radius 3 is 2.17 bits per heavy atom. The predicted molar refractivity (Wildman–Crippen MR) is 138 cm³/mol. The molecule has 0 radical (unpaired) electrons. The molecule has 2 N–H and O–H groups in total. The van der Waals surface area contributed by atoms with Gasteiger partial charge in [0.05, 0.1) is 16.8 Å². The quantitative estimate of drug-likeness (QED) is 0.480. The smallest absolute Gasteiger partial charge is 0.365 e. The maximum Gasteiger partial charge on any atom is 0.416 e. The van der Waals surface area contributed by atoms with Crippen LogP contribution in [0, 0.1) is 0 Å². The van der Waals surface area contributed by atoms with Gasteiger partial charge in [0.25, 0.3) is 5.91 Å². The second-order valence-corrected chi connectivity index (χ2v) is 10.6. The van der Waals surface area contributed by atoms with Gasteiger partial charge in [-0.15, -0.1) is 0 Å². The van der Waals surface area contributed by atoms with Gasteiger partial charge in [-0.1, -0.05) is 24.3 Å². The van der Waals surface area contributed by atoms with E-state index in [0.29, 0.717) is 41.9 Å². The van der Waals surface area contributed by atoms with Gasteiger partial charge >= 0.3 is 12.4 Å². The normalized spacial score (nSPS) is 19.9. The molecule has 0 bridgehead atoms. The van der Waals surface area contributed by atoms with Crippen molar-refractivity contribution in [3.8, 4) is 0 Å². The summed E-state index contributed by atoms with van der Waals surface area (Å²) in [4.78, 5) is 42.0. The Hall–Kier alpha value is -4.29. The van der Waals surface area contributed by atoms with E-state index in [2.05, 4.69) is 10.6 Å². The van der Waals surface area contributed by atoms with Crippen LogP contribution in [0.15, 0.2) is 72.1 Å². The van der Waals surface area contributed by atoms with E-state index in [1.165, 1.54) is 11.9 Å². The fraction of sp³-hybridized carbons (Fsp3) is 0.345. The zero-order valence-corrected chi connectivity index (χ0v) is 22.3. The molecule has 3 aliphatic rings. The lowest BCUT2D eigenvalue weighted by atomic mass is 9.97. The number of benzene rings is 2. The number of amides is 3. The molecule has 222 valence electrons. The summed E-state index contributed by atoms with van der Waals surface area (Å²) in [6.07, 6.45) is -5.96. The van der Waals surface area contributed by atoms with Crippen molar-refractivity contribution in [3.05, 3.63) is 94.3 Å². The van der Waals surface area contributed by atoms with E-state index in [1.807, 2.05) is 0 Å². The van der Waals surface area contributed by atoms with Crippen molar-refractivity contribution in [2.24, 2.45) is 0 Å². The number of nitrogens with zero attached hydrogens (tertiary/aromatic N) is 2. The largest absolute Gasteiger partial charge is 0.416 e. The van der Waals surface area contributed by atoms with Gasteiger partial charge in [-0.2, -0.15) is 26.3 Å². The molecule has 0 aromatic heterocycles. The lowest BCUT2D eigenvalue weighted by molar-refractivity contribution is -0.143. The van der Waals surface area contributed by atoms with E-state index in [1.54, 1.807) is 47.4 Å². The maximum atomic E-state index is 13.4. The molecule has 2 heterocycles. The van der Waals surface area contributed by atoms with Crippen LogP contribution in [-0.4, -0.2) is 52.7 Å². The molecule has 0 unspecified atom stereocenters. The van der Waals surface area contributed by atoms with Crippen LogP contribution in [0.5, 0.6) is 0 Å². The van der Waals surface area contributed by atoms with Crippen LogP contribution in [0.4, 0.5) is 26.3 Å². The zero-order chi connectivity index (χ0) is 30.4. The Balaban J connectivity index is 1.35. The van der Waals surface area contributed by atoms with Gasteiger partial charge in [-0.05, 0) is 54.8 Å². The van der Waals surface area contributed by atoms with Crippen LogP contribution >= 0.6 is 0 Å².